The molecule has 27 heavy (non-hydrogen) atoms. The number of amides is 1. The van der Waals surface area contributed by atoms with Crippen LogP contribution in [0.3, 0.4) is 0 Å². The van der Waals surface area contributed by atoms with Crippen LogP contribution in [0.15, 0.2) is 71.8 Å². The molecule has 3 aromatic rings. The molecule has 0 aliphatic heterocycles. The number of carbonyl (C=O) groups is 2. The van der Waals surface area contributed by atoms with Gasteiger partial charge in [0.05, 0.1) is 12.2 Å². The van der Waals surface area contributed by atoms with Gasteiger partial charge in [0.15, 0.2) is 0 Å². The molecule has 0 unspecified atom stereocenters. The molecule has 0 aliphatic rings. The molecule has 1 N–H and O–H groups in total. The van der Waals surface area contributed by atoms with Crippen LogP contribution < -0.4 is 15.3 Å². The topological polar surface area (TPSA) is 90.8 Å². The van der Waals surface area contributed by atoms with Crippen molar-refractivity contribution in [2.24, 2.45) is 5.10 Å². The summed E-state index contributed by atoms with van der Waals surface area (Å²) in [4.78, 5) is 22.9. The zero-order valence-electron chi connectivity index (χ0n) is 14.6. The number of nitrogens with zero attached hydrogens (tertiary/aromatic N) is 1. The van der Waals surface area contributed by atoms with Crippen molar-refractivity contribution in [3.8, 4) is 5.75 Å². The van der Waals surface area contributed by atoms with Crippen LogP contribution in [0.25, 0.3) is 10.8 Å². The fraction of sp³-hybridized carbons (Fsp3) is 0.0952. The fourth-order valence-electron chi connectivity index (χ4n) is 2.45. The van der Waals surface area contributed by atoms with E-state index < -0.39 is 12.1 Å². The third kappa shape index (κ3) is 4.70. The van der Waals surface area contributed by atoms with E-state index >= 15 is 0 Å². The van der Waals surface area contributed by atoms with Gasteiger partial charge in [0.25, 0.3) is 5.91 Å². The Morgan fingerprint density at radius 3 is 2.44 bits per heavy atom. The average molecular weight is 361 g/mol. The number of carboxylic acid groups (broad SMARTS) is 1. The summed E-state index contributed by atoms with van der Waals surface area (Å²) in [5, 5.41) is 16.7. The van der Waals surface area contributed by atoms with Gasteiger partial charge in [-0.05, 0) is 59.7 Å². The predicted molar refractivity (Wildman–Crippen MR) is 101 cm³/mol. The van der Waals surface area contributed by atoms with Crippen LogP contribution in [0.5, 0.6) is 5.75 Å². The number of ether oxygens (including phenoxy) is 1. The summed E-state index contributed by atoms with van der Waals surface area (Å²) < 4.78 is 5.19. The first kappa shape index (κ1) is 18.1. The summed E-state index contributed by atoms with van der Waals surface area (Å²) in [5.74, 6) is -1.18. The lowest BCUT2D eigenvalue weighted by atomic mass is 10.1. The Hall–Kier alpha value is -3.67. The van der Waals surface area contributed by atoms with E-state index in [1.54, 1.807) is 30.3 Å². The lowest BCUT2D eigenvalue weighted by Crippen LogP contribution is -2.37. The van der Waals surface area contributed by atoms with Crippen LogP contribution in [0.2, 0.25) is 0 Å². The second-order valence-corrected chi connectivity index (χ2v) is 5.91. The van der Waals surface area contributed by atoms with Crippen LogP contribution in [0.4, 0.5) is 0 Å². The van der Waals surface area contributed by atoms with E-state index in [4.69, 9.17) is 4.74 Å². The summed E-state index contributed by atoms with van der Waals surface area (Å²) in [6.07, 6.45) is 0.455. The molecule has 0 radical (unpaired) electrons. The van der Waals surface area contributed by atoms with E-state index in [2.05, 4.69) is 10.5 Å². The second kappa shape index (κ2) is 8.14. The number of carboxylic acids is 1. The first-order chi connectivity index (χ1) is 13.0. The van der Waals surface area contributed by atoms with E-state index in [0.717, 1.165) is 16.3 Å². The van der Waals surface area contributed by atoms with E-state index in [0.29, 0.717) is 11.3 Å². The molecule has 1 amide bonds. The molecule has 0 spiro atoms. The molecular weight excluding hydrogens is 344 g/mol. The van der Waals surface area contributed by atoms with Crippen molar-refractivity contribution < 1.29 is 19.4 Å². The van der Waals surface area contributed by atoms with Crippen molar-refractivity contribution in [3.63, 3.8) is 0 Å². The minimum atomic E-state index is -1.28. The maximum Gasteiger partial charge on any atom is 0.271 e. The highest BCUT2D eigenvalue weighted by molar-refractivity contribution is 5.98. The van der Waals surface area contributed by atoms with Gasteiger partial charge in [0.2, 0.25) is 0 Å². The summed E-state index contributed by atoms with van der Waals surface area (Å²) in [7, 11) is 0. The van der Waals surface area contributed by atoms with E-state index in [1.807, 2.05) is 36.4 Å². The number of fused-ring (bicyclic) bond motifs is 1. The monoisotopic (exact) mass is 361 g/mol. The largest absolute Gasteiger partial charge is 0.546 e. The summed E-state index contributed by atoms with van der Waals surface area (Å²) >= 11 is 0. The maximum atomic E-state index is 12.2. The average Bonchev–Trinajstić information content (AvgIpc) is 2.68. The Morgan fingerprint density at radius 2 is 1.74 bits per heavy atom. The van der Waals surface area contributed by atoms with Crippen molar-refractivity contribution in [2.75, 3.05) is 0 Å². The van der Waals surface area contributed by atoms with E-state index in [-0.39, 0.29) is 5.91 Å². The van der Waals surface area contributed by atoms with Crippen LogP contribution in [0, 0.1) is 0 Å². The highest BCUT2D eigenvalue weighted by atomic mass is 16.5. The van der Waals surface area contributed by atoms with Gasteiger partial charge >= 0.3 is 0 Å². The first-order valence-electron chi connectivity index (χ1n) is 8.33. The van der Waals surface area contributed by atoms with Crippen molar-refractivity contribution in [3.05, 3.63) is 77.9 Å². The van der Waals surface area contributed by atoms with E-state index in [9.17, 15) is 14.7 Å². The third-order valence-electron chi connectivity index (χ3n) is 3.92. The van der Waals surface area contributed by atoms with Crippen LogP contribution >= 0.6 is 0 Å². The number of nitrogens with one attached hydrogen (secondary N) is 1. The number of carbonyl (C=O) groups excluding carboxylic acids is 2. The lowest BCUT2D eigenvalue weighted by molar-refractivity contribution is -0.312. The molecule has 136 valence electrons. The summed E-state index contributed by atoms with van der Waals surface area (Å²) in [5.41, 5.74) is 3.73. The van der Waals surface area contributed by atoms with Gasteiger partial charge < -0.3 is 14.6 Å². The van der Waals surface area contributed by atoms with Gasteiger partial charge in [-0.1, -0.05) is 30.3 Å². The first-order valence-corrected chi connectivity index (χ1v) is 8.33. The molecule has 6 heteroatoms. The van der Waals surface area contributed by atoms with Crippen molar-refractivity contribution in [2.45, 2.75) is 13.0 Å². The zero-order chi connectivity index (χ0) is 19.2. The van der Waals surface area contributed by atoms with Crippen LogP contribution in [0.1, 0.15) is 22.8 Å². The normalized spacial score (nSPS) is 12.0. The van der Waals surface area contributed by atoms with Crippen LogP contribution in [-0.2, 0) is 4.79 Å². The van der Waals surface area contributed by atoms with Gasteiger partial charge in [-0.25, -0.2) is 5.43 Å². The minimum absolute atomic E-state index is 0.306. The molecule has 3 aromatic carbocycles. The Labute approximate surface area is 156 Å². The Kier molecular flexibility index (Phi) is 5.47. The van der Waals surface area contributed by atoms with E-state index in [1.165, 1.54) is 13.1 Å². The SMILES string of the molecule is C[C@@H](Oc1ccc(/C=N\NC(=O)c2ccc3ccccc3c2)cc1)C(=O)[O-]. The summed E-state index contributed by atoms with van der Waals surface area (Å²) in [6, 6.07) is 19.9. The van der Waals surface area contributed by atoms with Gasteiger partial charge in [-0.15, -0.1) is 0 Å². The third-order valence-corrected chi connectivity index (χ3v) is 3.92. The molecule has 0 aliphatic carbocycles. The molecule has 0 aromatic heterocycles. The smallest absolute Gasteiger partial charge is 0.271 e. The van der Waals surface area contributed by atoms with Crippen molar-refractivity contribution in [1.82, 2.24) is 5.43 Å². The number of hydrogen-bond donors (Lipinski definition) is 1. The fourth-order valence-corrected chi connectivity index (χ4v) is 2.45. The molecule has 0 bridgehead atoms. The van der Waals surface area contributed by atoms with Crippen molar-refractivity contribution >= 4 is 28.9 Å². The highest BCUT2D eigenvalue weighted by Crippen LogP contribution is 2.16. The number of hydrazone groups is 1. The Balaban J connectivity index is 1.60. The van der Waals surface area contributed by atoms with Gasteiger partial charge in [-0.3, -0.25) is 4.79 Å². The predicted octanol–water partition coefficient (Wildman–Crippen LogP) is 2.12. The number of hydrogen-bond acceptors (Lipinski definition) is 5. The van der Waals surface area contributed by atoms with Gasteiger partial charge in [0, 0.05) is 5.56 Å². The quantitative estimate of drug-likeness (QED) is 0.538. The molecule has 0 heterocycles. The molecule has 1 atom stereocenters. The standard InChI is InChI=1S/C21H18N2O4/c1-14(21(25)26)27-19-10-6-15(7-11-19)13-22-23-20(24)18-9-8-16-4-2-3-5-17(16)12-18/h2-14H,1H3,(H,23,24)(H,25,26)/p-1/b22-13-/t14-/m1/s1. The number of aliphatic carboxylic acids is 1. The zero-order valence-corrected chi connectivity index (χ0v) is 14.6. The number of benzene rings is 3. The van der Waals surface area contributed by atoms with Crippen LogP contribution in [-0.4, -0.2) is 24.2 Å². The molecule has 0 saturated heterocycles. The second-order valence-electron chi connectivity index (χ2n) is 5.91. The number of rotatable bonds is 6. The van der Waals surface area contributed by atoms with Gasteiger partial charge in [0.1, 0.15) is 11.9 Å². The maximum absolute atomic E-state index is 12.2. The molecule has 6 nitrogen and oxygen atoms in total. The summed E-state index contributed by atoms with van der Waals surface area (Å²) in [6.45, 7) is 1.40. The minimum Gasteiger partial charge on any atom is -0.546 e. The molecule has 0 saturated carbocycles. The lowest BCUT2D eigenvalue weighted by Gasteiger charge is -2.15. The molecule has 3 rings (SSSR count). The Morgan fingerprint density at radius 1 is 1.04 bits per heavy atom. The van der Waals surface area contributed by atoms with Crippen molar-refractivity contribution in [1.29, 1.82) is 0 Å². The Bertz CT molecular complexity index is 996. The molecule has 0 fully saturated rings. The highest BCUT2D eigenvalue weighted by Gasteiger charge is 2.06. The molecular formula is C21H17N2O4-. The van der Waals surface area contributed by atoms with Gasteiger partial charge in [-0.2, -0.15) is 5.10 Å².